The van der Waals surface area contributed by atoms with Crippen LogP contribution in [0.1, 0.15) is 6.42 Å². The third kappa shape index (κ3) is 3.53. The average molecular weight is 195 g/mol. The Morgan fingerprint density at radius 1 is 1.69 bits per heavy atom. The van der Waals surface area contributed by atoms with E-state index in [-0.39, 0.29) is 42.6 Å². The predicted octanol–water partition coefficient (Wildman–Crippen LogP) is -1.22. The molecule has 0 bridgehead atoms. The van der Waals surface area contributed by atoms with Crippen molar-refractivity contribution in [3.8, 4) is 6.19 Å². The molecule has 1 unspecified atom stereocenters. The molecule has 0 aromatic rings. The van der Waals surface area contributed by atoms with Crippen molar-refractivity contribution in [2.24, 2.45) is 0 Å². The summed E-state index contributed by atoms with van der Waals surface area (Å²) in [7, 11) is 0. The van der Waals surface area contributed by atoms with Gasteiger partial charge in [0.05, 0.1) is 0 Å². The van der Waals surface area contributed by atoms with Gasteiger partial charge in [0.1, 0.15) is 6.54 Å². The number of carboxylic acids is 1. The number of carboxylic acid groups (broad SMARTS) is 1. The van der Waals surface area contributed by atoms with E-state index in [0.29, 0.717) is 13.1 Å². The van der Waals surface area contributed by atoms with Crippen LogP contribution >= 0.6 is 0 Å². The van der Waals surface area contributed by atoms with Gasteiger partial charge in [0.15, 0.2) is 0 Å². The molecule has 0 saturated carbocycles. The zero-order valence-electron chi connectivity index (χ0n) is 6.60. The fraction of sp³-hybridized carbons (Fsp3) is 0.714. The molecule has 0 radical (unpaired) electrons. The van der Waals surface area contributed by atoms with Crippen molar-refractivity contribution in [1.29, 1.82) is 0 Å². The van der Waals surface area contributed by atoms with Crippen LogP contribution in [0.25, 0.3) is 4.85 Å². The quantitative estimate of drug-likeness (QED) is 0.436. The summed E-state index contributed by atoms with van der Waals surface area (Å²) in [5.41, 5.74) is 0. The molecule has 68 valence electrons. The molecule has 0 fully saturated rings. The molecule has 6 heteroatoms. The van der Waals surface area contributed by atoms with Crippen molar-refractivity contribution in [2.45, 2.75) is 12.5 Å². The molecular weight excluding hydrogens is 183 g/mol. The molecule has 1 rings (SSSR count). The standard InChI is InChI=1S/C7H10N2O3.Na.H/c10-4-1-6(7(11)12)9-3-2-8-5-9;;/h6,10H,1-4H2;;/p+1. The van der Waals surface area contributed by atoms with E-state index in [4.69, 9.17) is 10.2 Å². The monoisotopic (exact) mass is 195 g/mol. The molecule has 1 aliphatic heterocycles. The second-order valence-corrected chi connectivity index (χ2v) is 2.54. The van der Waals surface area contributed by atoms with Gasteiger partial charge in [0, 0.05) is 13.0 Å². The first kappa shape index (κ1) is 12.7. The van der Waals surface area contributed by atoms with E-state index in [2.05, 4.69) is 11.0 Å². The number of aliphatic carboxylic acids is 1. The first-order valence-corrected chi connectivity index (χ1v) is 3.78. The van der Waals surface area contributed by atoms with Gasteiger partial charge in [-0.15, -0.1) is 0 Å². The molecule has 0 spiro atoms. The van der Waals surface area contributed by atoms with Gasteiger partial charge in [-0.2, -0.15) is 9.74 Å². The molecule has 1 aliphatic rings. The molecule has 1 atom stereocenters. The van der Waals surface area contributed by atoms with E-state index in [1.165, 1.54) is 4.90 Å². The van der Waals surface area contributed by atoms with E-state index in [9.17, 15) is 4.79 Å². The van der Waals surface area contributed by atoms with Gasteiger partial charge in [-0.05, 0) is 0 Å². The van der Waals surface area contributed by atoms with Crippen molar-refractivity contribution in [1.82, 2.24) is 4.90 Å². The van der Waals surface area contributed by atoms with Crippen LogP contribution < -0.4 is 0 Å². The summed E-state index contributed by atoms with van der Waals surface area (Å²) in [5, 5.41) is 17.3. The van der Waals surface area contributed by atoms with E-state index in [1.807, 2.05) is 0 Å². The Bertz CT molecular complexity index is 236. The zero-order valence-corrected chi connectivity index (χ0v) is 6.60. The maximum absolute atomic E-state index is 10.6. The SMILES string of the molecule is O=C(O)C(CCO)N1C#[N+]CC1.[NaH]. The molecule has 1 heterocycles. The Morgan fingerprint density at radius 3 is 2.77 bits per heavy atom. The summed E-state index contributed by atoms with van der Waals surface area (Å²) in [6, 6.07) is -0.679. The van der Waals surface area contributed by atoms with Crippen molar-refractivity contribution in [2.75, 3.05) is 19.7 Å². The van der Waals surface area contributed by atoms with E-state index in [0.717, 1.165) is 0 Å². The fourth-order valence-electron chi connectivity index (χ4n) is 1.11. The van der Waals surface area contributed by atoms with E-state index in [1.54, 1.807) is 0 Å². The van der Waals surface area contributed by atoms with Crippen LogP contribution in [-0.2, 0) is 4.79 Å². The molecule has 13 heavy (non-hydrogen) atoms. The van der Waals surface area contributed by atoms with Gasteiger partial charge in [-0.25, -0.2) is 4.79 Å². The second kappa shape index (κ2) is 6.22. The Hall–Kier alpha value is -0.280. The number of carbonyl (C=O) groups is 1. The van der Waals surface area contributed by atoms with Gasteiger partial charge >= 0.3 is 41.7 Å². The average Bonchev–Trinajstić information content (AvgIpc) is 2.51. The van der Waals surface area contributed by atoms with Crippen molar-refractivity contribution in [3.63, 3.8) is 0 Å². The predicted molar refractivity (Wildman–Crippen MR) is 49.1 cm³/mol. The molecule has 0 aliphatic carbocycles. The number of aliphatic hydroxyl groups is 1. The van der Waals surface area contributed by atoms with Gasteiger partial charge in [-0.1, -0.05) is 0 Å². The van der Waals surface area contributed by atoms with Gasteiger partial charge in [0.2, 0.25) is 12.6 Å². The van der Waals surface area contributed by atoms with Gasteiger partial charge in [-0.3, -0.25) is 0 Å². The molecule has 0 amide bonds. The number of hydrogen-bond acceptors (Lipinski definition) is 3. The summed E-state index contributed by atoms with van der Waals surface area (Å²) in [5.74, 6) is -0.936. The maximum atomic E-state index is 10.6. The minimum absolute atomic E-state index is 0. The summed E-state index contributed by atoms with van der Waals surface area (Å²) in [6.45, 7) is 1.04. The second-order valence-electron chi connectivity index (χ2n) is 2.54. The zero-order chi connectivity index (χ0) is 8.97. The number of aliphatic hydroxyl groups excluding tert-OH is 1. The summed E-state index contributed by atoms with van der Waals surface area (Å²) in [4.78, 5) is 15.9. The summed E-state index contributed by atoms with van der Waals surface area (Å²) in [6.07, 6.45) is 2.81. The molecule has 0 aromatic heterocycles. The first-order valence-electron chi connectivity index (χ1n) is 3.78. The van der Waals surface area contributed by atoms with Crippen LogP contribution in [0.5, 0.6) is 0 Å². The van der Waals surface area contributed by atoms with E-state index >= 15 is 0 Å². The first-order chi connectivity index (χ1) is 5.75. The Kier molecular flexibility index (Phi) is 6.08. The Labute approximate surface area is 98.4 Å². The third-order valence-corrected chi connectivity index (χ3v) is 1.72. The molecule has 2 N–H and O–H groups in total. The Balaban J connectivity index is 0.00000144. The van der Waals surface area contributed by atoms with Crippen LogP contribution in [0.15, 0.2) is 0 Å². The molecular formula is C7H12N2NaO3+. The minimum atomic E-state index is -0.936. The third-order valence-electron chi connectivity index (χ3n) is 1.72. The van der Waals surface area contributed by atoms with E-state index < -0.39 is 12.0 Å². The van der Waals surface area contributed by atoms with Crippen LogP contribution in [0.4, 0.5) is 0 Å². The van der Waals surface area contributed by atoms with Crippen molar-refractivity contribution in [3.05, 3.63) is 4.85 Å². The van der Waals surface area contributed by atoms with Crippen LogP contribution in [0.3, 0.4) is 0 Å². The normalized spacial score (nSPS) is 15.6. The molecule has 5 nitrogen and oxygen atoms in total. The number of nitrogens with zero attached hydrogens (tertiary/aromatic N) is 2. The summed E-state index contributed by atoms with van der Waals surface area (Å²) >= 11 is 0. The topological polar surface area (TPSA) is 65.1 Å². The van der Waals surface area contributed by atoms with Gasteiger partial charge in [0.25, 0.3) is 0 Å². The number of rotatable bonds is 4. The number of hydrogen-bond donors (Lipinski definition) is 2. The van der Waals surface area contributed by atoms with Crippen LogP contribution in [0.2, 0.25) is 0 Å². The molecule has 0 saturated heterocycles. The fourth-order valence-corrected chi connectivity index (χ4v) is 1.11. The van der Waals surface area contributed by atoms with Gasteiger partial charge < -0.3 is 10.2 Å². The van der Waals surface area contributed by atoms with Crippen molar-refractivity contribution >= 4 is 35.5 Å². The van der Waals surface area contributed by atoms with Crippen LogP contribution in [-0.4, -0.2) is 76.4 Å². The summed E-state index contributed by atoms with van der Waals surface area (Å²) < 4.78 is 0. The Morgan fingerprint density at radius 2 is 2.38 bits per heavy atom. The van der Waals surface area contributed by atoms with Crippen LogP contribution in [0, 0.1) is 6.19 Å². The molecule has 0 aromatic carbocycles. The van der Waals surface area contributed by atoms with Crippen molar-refractivity contribution < 1.29 is 15.0 Å².